The summed E-state index contributed by atoms with van der Waals surface area (Å²) in [4.78, 5) is 20.6. The van der Waals surface area contributed by atoms with Crippen LogP contribution in [-0.4, -0.2) is 15.9 Å². The first-order valence-corrected chi connectivity index (χ1v) is 6.80. The zero-order valence-corrected chi connectivity index (χ0v) is 12.1. The Morgan fingerprint density at radius 1 is 1.19 bits per heavy atom. The predicted molar refractivity (Wildman–Crippen MR) is 83.7 cm³/mol. The minimum absolute atomic E-state index is 0.241. The summed E-state index contributed by atoms with van der Waals surface area (Å²) in [6, 6.07) is 12.7. The molecule has 0 bridgehead atoms. The van der Waals surface area contributed by atoms with Crippen molar-refractivity contribution in [2.45, 2.75) is 6.92 Å². The maximum atomic E-state index is 12.3. The van der Waals surface area contributed by atoms with Gasteiger partial charge in [0.25, 0.3) is 5.91 Å². The van der Waals surface area contributed by atoms with Crippen molar-refractivity contribution in [2.24, 2.45) is 0 Å². The molecule has 3 aromatic rings. The lowest BCUT2D eigenvalue weighted by molar-refractivity contribution is 0.102. The maximum Gasteiger partial charge on any atom is 0.255 e. The number of rotatable bonds is 2. The van der Waals surface area contributed by atoms with Crippen molar-refractivity contribution in [1.29, 1.82) is 0 Å². The Labute approximate surface area is 126 Å². The minimum atomic E-state index is -0.241. The minimum Gasteiger partial charge on any atom is -0.320 e. The summed E-state index contributed by atoms with van der Waals surface area (Å²) in [6.45, 7) is 1.92. The van der Waals surface area contributed by atoms with Gasteiger partial charge in [0.05, 0.1) is 11.2 Å². The fourth-order valence-electron chi connectivity index (χ4n) is 2.08. The van der Waals surface area contributed by atoms with E-state index in [1.54, 1.807) is 6.07 Å². The van der Waals surface area contributed by atoms with Gasteiger partial charge in [-0.3, -0.25) is 9.78 Å². The van der Waals surface area contributed by atoms with E-state index in [1.807, 2.05) is 37.3 Å². The van der Waals surface area contributed by atoms with Crippen molar-refractivity contribution in [3.8, 4) is 0 Å². The Kier molecular flexibility index (Phi) is 3.54. The lowest BCUT2D eigenvalue weighted by atomic mass is 10.1. The van der Waals surface area contributed by atoms with Crippen LogP contribution >= 0.6 is 11.6 Å². The smallest absolute Gasteiger partial charge is 0.255 e. The van der Waals surface area contributed by atoms with Crippen LogP contribution in [0.1, 0.15) is 16.1 Å². The molecule has 0 fully saturated rings. The molecule has 2 aromatic heterocycles. The van der Waals surface area contributed by atoms with E-state index in [0.29, 0.717) is 11.3 Å². The van der Waals surface area contributed by atoms with Crippen LogP contribution in [0.25, 0.3) is 10.9 Å². The van der Waals surface area contributed by atoms with Crippen LogP contribution in [0.15, 0.2) is 48.7 Å². The van der Waals surface area contributed by atoms with Crippen molar-refractivity contribution in [3.63, 3.8) is 0 Å². The van der Waals surface area contributed by atoms with E-state index in [1.165, 1.54) is 12.3 Å². The molecule has 0 saturated carbocycles. The number of nitrogens with one attached hydrogen (secondary N) is 1. The number of fused-ring (bicyclic) bond motifs is 1. The summed E-state index contributed by atoms with van der Waals surface area (Å²) in [6.07, 6.45) is 1.50. The fraction of sp³-hybridized carbons (Fsp3) is 0.0625. The summed E-state index contributed by atoms with van der Waals surface area (Å²) < 4.78 is 0. The number of hydrogen-bond donors (Lipinski definition) is 1. The van der Waals surface area contributed by atoms with Crippen molar-refractivity contribution < 1.29 is 4.79 Å². The number of anilines is 1. The molecular weight excluding hydrogens is 286 g/mol. The highest BCUT2D eigenvalue weighted by molar-refractivity contribution is 6.29. The van der Waals surface area contributed by atoms with E-state index in [4.69, 9.17) is 11.6 Å². The molecule has 1 N–H and O–H groups in total. The molecule has 0 radical (unpaired) electrons. The van der Waals surface area contributed by atoms with Gasteiger partial charge >= 0.3 is 0 Å². The van der Waals surface area contributed by atoms with Crippen LogP contribution < -0.4 is 5.32 Å². The Hall–Kier alpha value is -2.46. The number of nitrogens with zero attached hydrogens (tertiary/aromatic N) is 2. The van der Waals surface area contributed by atoms with Gasteiger partial charge < -0.3 is 5.32 Å². The molecule has 0 saturated heterocycles. The van der Waals surface area contributed by atoms with Crippen LogP contribution in [0, 0.1) is 6.92 Å². The number of para-hydroxylation sites is 1. The molecule has 21 heavy (non-hydrogen) atoms. The number of hydrogen-bond acceptors (Lipinski definition) is 3. The second-order valence-electron chi connectivity index (χ2n) is 4.65. The van der Waals surface area contributed by atoms with Gasteiger partial charge in [-0.2, -0.15) is 0 Å². The van der Waals surface area contributed by atoms with Crippen molar-refractivity contribution in [2.75, 3.05) is 5.32 Å². The highest BCUT2D eigenvalue weighted by Gasteiger charge is 2.10. The van der Waals surface area contributed by atoms with E-state index >= 15 is 0 Å². The molecule has 0 aliphatic rings. The second-order valence-corrected chi connectivity index (χ2v) is 5.04. The van der Waals surface area contributed by atoms with Gasteiger partial charge in [-0.1, -0.05) is 29.8 Å². The summed E-state index contributed by atoms with van der Waals surface area (Å²) in [7, 11) is 0. The number of benzene rings is 1. The molecule has 104 valence electrons. The van der Waals surface area contributed by atoms with Gasteiger partial charge in [-0.25, -0.2) is 4.98 Å². The molecule has 0 aliphatic carbocycles. The Morgan fingerprint density at radius 3 is 2.86 bits per heavy atom. The number of aromatic nitrogens is 2. The third-order valence-corrected chi connectivity index (χ3v) is 3.30. The Morgan fingerprint density at radius 2 is 2.05 bits per heavy atom. The van der Waals surface area contributed by atoms with E-state index in [0.717, 1.165) is 16.6 Å². The number of carbonyl (C=O) groups is 1. The number of carbonyl (C=O) groups excluding carboxylic acids is 1. The van der Waals surface area contributed by atoms with Crippen LogP contribution in [0.4, 0.5) is 5.69 Å². The molecular formula is C16H12ClN3O. The SMILES string of the molecule is Cc1ccc2cccc(NC(=O)c3ccnc(Cl)c3)c2n1. The van der Waals surface area contributed by atoms with Gasteiger partial charge in [-0.15, -0.1) is 0 Å². The average molecular weight is 298 g/mol. The van der Waals surface area contributed by atoms with Crippen molar-refractivity contribution >= 4 is 34.1 Å². The highest BCUT2D eigenvalue weighted by atomic mass is 35.5. The largest absolute Gasteiger partial charge is 0.320 e. The number of aryl methyl sites for hydroxylation is 1. The monoisotopic (exact) mass is 297 g/mol. The zero-order chi connectivity index (χ0) is 14.8. The third-order valence-electron chi connectivity index (χ3n) is 3.10. The van der Waals surface area contributed by atoms with Crippen LogP contribution in [0.3, 0.4) is 0 Å². The molecule has 0 aliphatic heterocycles. The van der Waals surface area contributed by atoms with E-state index in [9.17, 15) is 4.79 Å². The molecule has 1 amide bonds. The van der Waals surface area contributed by atoms with Crippen LogP contribution in [-0.2, 0) is 0 Å². The summed E-state index contributed by atoms with van der Waals surface area (Å²) in [5.41, 5.74) is 2.80. The van der Waals surface area contributed by atoms with Crippen molar-refractivity contribution in [1.82, 2.24) is 9.97 Å². The molecule has 2 heterocycles. The highest BCUT2D eigenvalue weighted by Crippen LogP contribution is 2.22. The standard InChI is InChI=1S/C16H12ClN3O/c1-10-5-6-11-3-2-4-13(15(11)19-10)20-16(21)12-7-8-18-14(17)9-12/h2-9H,1H3,(H,20,21). The van der Waals surface area contributed by atoms with Crippen molar-refractivity contribution in [3.05, 3.63) is 65.1 Å². The molecule has 4 nitrogen and oxygen atoms in total. The average Bonchev–Trinajstić information content (AvgIpc) is 2.48. The Balaban J connectivity index is 1.98. The number of pyridine rings is 2. The fourth-order valence-corrected chi connectivity index (χ4v) is 2.26. The lowest BCUT2D eigenvalue weighted by Gasteiger charge is -2.08. The van der Waals surface area contributed by atoms with Gasteiger partial charge in [0.2, 0.25) is 0 Å². The van der Waals surface area contributed by atoms with Crippen LogP contribution in [0.2, 0.25) is 5.15 Å². The predicted octanol–water partition coefficient (Wildman–Crippen LogP) is 3.84. The summed E-state index contributed by atoms with van der Waals surface area (Å²) >= 11 is 5.80. The first-order valence-electron chi connectivity index (χ1n) is 6.43. The lowest BCUT2D eigenvalue weighted by Crippen LogP contribution is -2.12. The van der Waals surface area contributed by atoms with E-state index in [-0.39, 0.29) is 11.1 Å². The molecule has 1 aromatic carbocycles. The molecule has 0 atom stereocenters. The van der Waals surface area contributed by atoms with E-state index < -0.39 is 0 Å². The van der Waals surface area contributed by atoms with E-state index in [2.05, 4.69) is 15.3 Å². The quantitative estimate of drug-likeness (QED) is 0.731. The molecule has 0 unspecified atom stereocenters. The van der Waals surface area contributed by atoms with Crippen LogP contribution in [0.5, 0.6) is 0 Å². The third kappa shape index (κ3) is 2.85. The topological polar surface area (TPSA) is 54.9 Å². The normalized spacial score (nSPS) is 10.6. The number of amides is 1. The molecule has 5 heteroatoms. The first-order chi connectivity index (χ1) is 10.1. The van der Waals surface area contributed by atoms with Gasteiger partial charge in [-0.05, 0) is 31.2 Å². The summed E-state index contributed by atoms with van der Waals surface area (Å²) in [5, 5.41) is 4.13. The second kappa shape index (κ2) is 5.50. The maximum absolute atomic E-state index is 12.3. The Bertz CT molecular complexity index is 833. The molecule has 3 rings (SSSR count). The van der Waals surface area contributed by atoms with Gasteiger partial charge in [0.1, 0.15) is 5.15 Å². The van der Waals surface area contributed by atoms with Gasteiger partial charge in [0, 0.05) is 22.8 Å². The number of halogens is 1. The zero-order valence-electron chi connectivity index (χ0n) is 11.3. The summed E-state index contributed by atoms with van der Waals surface area (Å²) in [5.74, 6) is -0.241. The first kappa shape index (κ1) is 13.5. The van der Waals surface area contributed by atoms with Gasteiger partial charge in [0.15, 0.2) is 0 Å². The molecule has 0 spiro atoms.